The topological polar surface area (TPSA) is 38.1 Å². The number of hydrogen-bond acceptors (Lipinski definition) is 4. The molecular formula is C12H13ClN2OS. The highest BCUT2D eigenvalue weighted by molar-refractivity contribution is 7.99. The molecule has 1 heterocycles. The van der Waals surface area contributed by atoms with E-state index >= 15 is 0 Å². The maximum atomic E-state index is 6.21. The Labute approximate surface area is 110 Å². The van der Waals surface area contributed by atoms with E-state index in [-0.39, 0.29) is 0 Å². The van der Waals surface area contributed by atoms with Crippen LogP contribution in [0.2, 0.25) is 5.02 Å². The summed E-state index contributed by atoms with van der Waals surface area (Å²) < 4.78 is 5.22. The molecule has 0 saturated heterocycles. The summed E-state index contributed by atoms with van der Waals surface area (Å²) in [7, 11) is 0. The van der Waals surface area contributed by atoms with Gasteiger partial charge in [0, 0.05) is 11.4 Å². The lowest BCUT2D eigenvalue weighted by atomic mass is 10.2. The van der Waals surface area contributed by atoms with Gasteiger partial charge in [0.15, 0.2) is 0 Å². The van der Waals surface area contributed by atoms with Crippen molar-refractivity contribution in [2.45, 2.75) is 23.6 Å². The summed E-state index contributed by atoms with van der Waals surface area (Å²) in [5.41, 5.74) is 1.16. The molecule has 0 fully saturated rings. The smallest absolute Gasteiger partial charge is 0.260 e. The Balaban J connectivity index is 2.24. The summed E-state index contributed by atoms with van der Waals surface area (Å²) in [4.78, 5) is 5.09. The second-order valence-electron chi connectivity index (χ2n) is 3.41. The van der Waals surface area contributed by atoms with Crippen molar-refractivity contribution in [2.24, 2.45) is 0 Å². The Hall–Kier alpha value is -0.970. The largest absolute Gasteiger partial charge is 0.440 e. The van der Waals surface area contributed by atoms with Gasteiger partial charge in [-0.3, -0.25) is 0 Å². The van der Waals surface area contributed by atoms with Crippen LogP contribution in [0.15, 0.2) is 45.2 Å². The molecule has 0 saturated carbocycles. The minimum atomic E-state index is 0.607. The Bertz CT molecular complexity index is 473. The van der Waals surface area contributed by atoms with Crippen LogP contribution in [-0.2, 0) is 6.54 Å². The number of hydrogen-bond donors (Lipinski definition) is 1. The van der Waals surface area contributed by atoms with E-state index in [0.717, 1.165) is 28.6 Å². The second-order valence-corrected chi connectivity index (χ2v) is 4.78. The zero-order valence-corrected chi connectivity index (χ0v) is 11.0. The normalized spacial score (nSPS) is 10.7. The monoisotopic (exact) mass is 268 g/mol. The maximum Gasteiger partial charge on any atom is 0.260 e. The summed E-state index contributed by atoms with van der Waals surface area (Å²) in [6.07, 6.45) is 3.19. The molecule has 2 rings (SSSR count). The Kier molecular flexibility index (Phi) is 4.48. The third-order valence-electron chi connectivity index (χ3n) is 2.21. The predicted octanol–water partition coefficient (Wildman–Crippen LogP) is 3.59. The van der Waals surface area contributed by atoms with Crippen molar-refractivity contribution in [2.75, 3.05) is 6.54 Å². The van der Waals surface area contributed by atoms with Crippen molar-refractivity contribution in [3.8, 4) is 0 Å². The van der Waals surface area contributed by atoms with Crippen LogP contribution in [0.25, 0.3) is 0 Å². The molecule has 1 aromatic heterocycles. The number of benzene rings is 1. The van der Waals surface area contributed by atoms with Gasteiger partial charge in [0.1, 0.15) is 6.26 Å². The number of halogens is 1. The van der Waals surface area contributed by atoms with Crippen LogP contribution in [0.3, 0.4) is 0 Å². The fraction of sp³-hybridized carbons (Fsp3) is 0.250. The molecule has 0 aliphatic carbocycles. The van der Waals surface area contributed by atoms with E-state index in [4.69, 9.17) is 16.0 Å². The molecule has 0 amide bonds. The third-order valence-corrected chi connectivity index (χ3v) is 3.70. The highest BCUT2D eigenvalue weighted by atomic mass is 35.5. The molecule has 0 spiro atoms. The summed E-state index contributed by atoms with van der Waals surface area (Å²) in [5, 5.41) is 4.62. The van der Waals surface area contributed by atoms with Crippen molar-refractivity contribution in [3.05, 3.63) is 41.2 Å². The molecule has 0 aliphatic heterocycles. The first-order chi connectivity index (χ1) is 8.31. The molecule has 0 aliphatic rings. The molecule has 1 N–H and O–H groups in total. The van der Waals surface area contributed by atoms with Crippen LogP contribution in [0.4, 0.5) is 0 Å². The van der Waals surface area contributed by atoms with E-state index in [1.165, 1.54) is 11.8 Å². The molecule has 2 aromatic rings. The first-order valence-corrected chi connectivity index (χ1v) is 6.56. The van der Waals surface area contributed by atoms with Crippen molar-refractivity contribution in [3.63, 3.8) is 0 Å². The number of nitrogens with zero attached hydrogens (tertiary/aromatic N) is 1. The highest BCUT2D eigenvalue weighted by Crippen LogP contribution is 2.35. The fourth-order valence-electron chi connectivity index (χ4n) is 1.41. The molecule has 17 heavy (non-hydrogen) atoms. The third kappa shape index (κ3) is 3.25. The van der Waals surface area contributed by atoms with Gasteiger partial charge in [-0.05, 0) is 29.9 Å². The van der Waals surface area contributed by atoms with Crippen LogP contribution in [-0.4, -0.2) is 11.5 Å². The average molecular weight is 269 g/mol. The molecule has 0 bridgehead atoms. The van der Waals surface area contributed by atoms with Crippen LogP contribution in [0.1, 0.15) is 12.5 Å². The molecule has 0 atom stereocenters. The van der Waals surface area contributed by atoms with Crippen molar-refractivity contribution < 1.29 is 4.42 Å². The van der Waals surface area contributed by atoms with Crippen molar-refractivity contribution in [1.82, 2.24) is 10.3 Å². The zero-order chi connectivity index (χ0) is 12.1. The van der Waals surface area contributed by atoms with E-state index in [9.17, 15) is 0 Å². The van der Waals surface area contributed by atoms with Gasteiger partial charge in [0.25, 0.3) is 5.22 Å². The van der Waals surface area contributed by atoms with Gasteiger partial charge >= 0.3 is 0 Å². The Morgan fingerprint density at radius 3 is 3.06 bits per heavy atom. The number of aromatic nitrogens is 1. The van der Waals surface area contributed by atoms with Gasteiger partial charge in [-0.2, -0.15) is 0 Å². The lowest BCUT2D eigenvalue weighted by molar-refractivity contribution is 0.454. The van der Waals surface area contributed by atoms with Gasteiger partial charge < -0.3 is 9.73 Å². The molecule has 0 radical (unpaired) electrons. The lowest BCUT2D eigenvalue weighted by Gasteiger charge is -2.09. The molecule has 0 unspecified atom stereocenters. The predicted molar refractivity (Wildman–Crippen MR) is 69.5 cm³/mol. The molecular weight excluding hydrogens is 256 g/mol. The van der Waals surface area contributed by atoms with E-state index < -0.39 is 0 Å². The summed E-state index contributed by atoms with van der Waals surface area (Å²) in [6.45, 7) is 3.79. The minimum Gasteiger partial charge on any atom is -0.440 e. The molecule has 1 aromatic carbocycles. The first-order valence-electron chi connectivity index (χ1n) is 5.36. The van der Waals surface area contributed by atoms with Gasteiger partial charge in [-0.1, -0.05) is 30.7 Å². The van der Waals surface area contributed by atoms with E-state index in [1.54, 1.807) is 12.5 Å². The van der Waals surface area contributed by atoms with E-state index in [2.05, 4.69) is 23.3 Å². The standard InChI is InChI=1S/C12H13ClN2OS/c1-2-14-8-9-4-3-5-10(13)11(9)17-12-15-6-7-16-12/h3-7,14H,2,8H2,1H3. The average Bonchev–Trinajstić information content (AvgIpc) is 2.83. The minimum absolute atomic E-state index is 0.607. The fourth-order valence-corrected chi connectivity index (χ4v) is 2.55. The summed E-state index contributed by atoms with van der Waals surface area (Å²) in [5.74, 6) is 0. The maximum absolute atomic E-state index is 6.21. The van der Waals surface area contributed by atoms with Crippen LogP contribution < -0.4 is 5.32 Å². The SMILES string of the molecule is CCNCc1cccc(Cl)c1Sc1ncco1. The first kappa shape index (κ1) is 12.5. The Morgan fingerprint density at radius 1 is 1.47 bits per heavy atom. The molecule has 90 valence electrons. The van der Waals surface area contributed by atoms with Gasteiger partial charge in [-0.25, -0.2) is 4.98 Å². The number of rotatable bonds is 5. The summed E-state index contributed by atoms with van der Waals surface area (Å²) in [6, 6.07) is 5.89. The van der Waals surface area contributed by atoms with Gasteiger partial charge in [0.05, 0.1) is 11.2 Å². The van der Waals surface area contributed by atoms with Crippen molar-refractivity contribution in [1.29, 1.82) is 0 Å². The second kappa shape index (κ2) is 6.10. The quantitative estimate of drug-likeness (QED) is 0.899. The highest BCUT2D eigenvalue weighted by Gasteiger charge is 2.10. The van der Waals surface area contributed by atoms with Gasteiger partial charge in [-0.15, -0.1) is 0 Å². The van der Waals surface area contributed by atoms with Crippen LogP contribution in [0, 0.1) is 0 Å². The number of nitrogens with one attached hydrogen (secondary N) is 1. The molecule has 3 nitrogen and oxygen atoms in total. The van der Waals surface area contributed by atoms with Crippen LogP contribution >= 0.6 is 23.4 Å². The number of oxazole rings is 1. The summed E-state index contributed by atoms with van der Waals surface area (Å²) >= 11 is 7.66. The van der Waals surface area contributed by atoms with E-state index in [1.807, 2.05) is 12.1 Å². The van der Waals surface area contributed by atoms with Gasteiger partial charge in [0.2, 0.25) is 0 Å². The molecule has 5 heteroatoms. The Morgan fingerprint density at radius 2 is 2.35 bits per heavy atom. The van der Waals surface area contributed by atoms with E-state index in [0.29, 0.717) is 5.22 Å². The zero-order valence-electron chi connectivity index (χ0n) is 9.44. The lowest BCUT2D eigenvalue weighted by Crippen LogP contribution is -2.12. The van der Waals surface area contributed by atoms with Crippen LogP contribution in [0.5, 0.6) is 0 Å². The van der Waals surface area contributed by atoms with Crippen molar-refractivity contribution >= 4 is 23.4 Å².